The topological polar surface area (TPSA) is 72.1 Å². The van der Waals surface area contributed by atoms with E-state index in [-0.39, 0.29) is 26.4 Å². The zero-order valence-corrected chi connectivity index (χ0v) is 15.7. The van der Waals surface area contributed by atoms with Crippen LogP contribution in [0.25, 0.3) is 43.5 Å². The minimum Gasteiger partial charge on any atom is -0.491 e. The SMILES string of the molecule is OCCOc1ccc2ccc3oc4c5ccccc5c(OCCO)cc4c3c2c1. The van der Waals surface area contributed by atoms with Gasteiger partial charge in [0.05, 0.1) is 13.2 Å². The summed E-state index contributed by atoms with van der Waals surface area (Å²) in [5.41, 5.74) is 1.59. The number of benzene rings is 4. The van der Waals surface area contributed by atoms with Gasteiger partial charge in [-0.05, 0) is 35.0 Å². The van der Waals surface area contributed by atoms with Gasteiger partial charge >= 0.3 is 0 Å². The average molecular weight is 388 g/mol. The molecule has 2 N–H and O–H groups in total. The van der Waals surface area contributed by atoms with Crippen LogP contribution in [-0.2, 0) is 0 Å². The van der Waals surface area contributed by atoms with E-state index in [1.54, 1.807) is 0 Å². The van der Waals surface area contributed by atoms with Crippen molar-refractivity contribution >= 4 is 43.5 Å². The van der Waals surface area contributed by atoms with Crippen molar-refractivity contribution in [3.05, 3.63) is 60.7 Å². The predicted molar refractivity (Wildman–Crippen MR) is 114 cm³/mol. The van der Waals surface area contributed by atoms with Crippen LogP contribution in [0.4, 0.5) is 0 Å². The lowest BCUT2D eigenvalue weighted by Crippen LogP contribution is -2.02. The Bertz CT molecular complexity index is 1340. The highest BCUT2D eigenvalue weighted by Crippen LogP contribution is 2.42. The fourth-order valence-corrected chi connectivity index (χ4v) is 3.89. The van der Waals surface area contributed by atoms with Gasteiger partial charge in [-0.3, -0.25) is 0 Å². The number of hydrogen-bond donors (Lipinski definition) is 2. The third kappa shape index (κ3) is 2.95. The van der Waals surface area contributed by atoms with E-state index < -0.39 is 0 Å². The third-order valence-electron chi connectivity index (χ3n) is 5.10. The molecule has 1 heterocycles. The van der Waals surface area contributed by atoms with E-state index in [4.69, 9.17) is 19.0 Å². The molecule has 1 aromatic heterocycles. The van der Waals surface area contributed by atoms with Gasteiger partial charge in [0.2, 0.25) is 0 Å². The summed E-state index contributed by atoms with van der Waals surface area (Å²) in [6, 6.07) is 19.8. The van der Waals surface area contributed by atoms with Crippen molar-refractivity contribution in [2.45, 2.75) is 0 Å². The van der Waals surface area contributed by atoms with Crippen LogP contribution in [0.2, 0.25) is 0 Å². The molecule has 29 heavy (non-hydrogen) atoms. The summed E-state index contributed by atoms with van der Waals surface area (Å²) in [6.07, 6.45) is 0. The van der Waals surface area contributed by atoms with Crippen molar-refractivity contribution in [2.75, 3.05) is 26.4 Å². The van der Waals surface area contributed by atoms with E-state index in [2.05, 4.69) is 0 Å². The molecule has 5 heteroatoms. The van der Waals surface area contributed by atoms with Crippen LogP contribution in [-0.4, -0.2) is 36.6 Å². The Balaban J connectivity index is 1.85. The van der Waals surface area contributed by atoms with Gasteiger partial charge in [-0.2, -0.15) is 0 Å². The molecule has 0 radical (unpaired) electrons. The van der Waals surface area contributed by atoms with Gasteiger partial charge in [-0.25, -0.2) is 0 Å². The molecule has 0 amide bonds. The molecule has 146 valence electrons. The maximum absolute atomic E-state index is 9.21. The highest BCUT2D eigenvalue weighted by atomic mass is 16.5. The summed E-state index contributed by atoms with van der Waals surface area (Å²) in [6.45, 7) is 0.393. The molecule has 0 unspecified atom stereocenters. The Morgan fingerprint density at radius 1 is 0.724 bits per heavy atom. The maximum atomic E-state index is 9.21. The highest BCUT2D eigenvalue weighted by molar-refractivity contribution is 6.24. The van der Waals surface area contributed by atoms with Gasteiger partial charge in [0.25, 0.3) is 0 Å². The minimum atomic E-state index is -0.0486. The summed E-state index contributed by atoms with van der Waals surface area (Å²) < 4.78 is 17.7. The molecule has 0 atom stereocenters. The van der Waals surface area contributed by atoms with Gasteiger partial charge in [0, 0.05) is 21.5 Å². The van der Waals surface area contributed by atoms with E-state index in [9.17, 15) is 5.11 Å². The Labute approximate surface area is 166 Å². The van der Waals surface area contributed by atoms with Gasteiger partial charge in [-0.15, -0.1) is 0 Å². The van der Waals surface area contributed by atoms with E-state index in [0.717, 1.165) is 49.2 Å². The second kappa shape index (κ2) is 7.28. The first-order valence-corrected chi connectivity index (χ1v) is 9.58. The van der Waals surface area contributed by atoms with E-state index in [0.29, 0.717) is 5.75 Å². The van der Waals surface area contributed by atoms with Gasteiger partial charge in [-0.1, -0.05) is 36.4 Å². The molecule has 0 aliphatic heterocycles. The monoisotopic (exact) mass is 388 g/mol. The smallest absolute Gasteiger partial charge is 0.143 e. The first-order valence-electron chi connectivity index (χ1n) is 9.58. The zero-order chi connectivity index (χ0) is 19.8. The average Bonchev–Trinajstić information content (AvgIpc) is 3.15. The highest BCUT2D eigenvalue weighted by Gasteiger charge is 2.16. The van der Waals surface area contributed by atoms with Crippen LogP contribution >= 0.6 is 0 Å². The van der Waals surface area contributed by atoms with Crippen LogP contribution in [0.5, 0.6) is 11.5 Å². The van der Waals surface area contributed by atoms with Crippen LogP contribution in [0.3, 0.4) is 0 Å². The van der Waals surface area contributed by atoms with Gasteiger partial charge in [0.15, 0.2) is 0 Å². The number of aliphatic hydroxyl groups excluding tert-OH is 2. The van der Waals surface area contributed by atoms with E-state index in [1.807, 2.05) is 60.7 Å². The van der Waals surface area contributed by atoms with Gasteiger partial charge < -0.3 is 24.1 Å². The molecule has 0 bridgehead atoms. The van der Waals surface area contributed by atoms with Crippen molar-refractivity contribution in [1.29, 1.82) is 0 Å². The largest absolute Gasteiger partial charge is 0.491 e. The Kier molecular flexibility index (Phi) is 4.46. The van der Waals surface area contributed by atoms with E-state index >= 15 is 0 Å². The Morgan fingerprint density at radius 2 is 1.48 bits per heavy atom. The van der Waals surface area contributed by atoms with Crippen molar-refractivity contribution < 1.29 is 24.1 Å². The summed E-state index contributed by atoms with van der Waals surface area (Å²) in [7, 11) is 0. The first kappa shape index (κ1) is 17.8. The third-order valence-corrected chi connectivity index (χ3v) is 5.10. The van der Waals surface area contributed by atoms with Gasteiger partial charge in [0.1, 0.15) is 35.9 Å². The molecule has 4 aromatic carbocycles. The van der Waals surface area contributed by atoms with Crippen LogP contribution in [0.1, 0.15) is 0 Å². The molecule has 0 aliphatic carbocycles. The number of furan rings is 1. The standard InChI is InChI=1S/C24H20O5/c25-9-11-27-16-7-5-15-6-8-21-23(19(15)13-16)20-14-22(28-12-10-26)17-3-1-2-4-18(17)24(20)29-21/h1-8,13-14,25-26H,9-12H2. The van der Waals surface area contributed by atoms with Crippen molar-refractivity contribution in [2.24, 2.45) is 0 Å². The molecule has 5 aromatic rings. The molecule has 0 aliphatic rings. The van der Waals surface area contributed by atoms with Crippen LogP contribution < -0.4 is 9.47 Å². The number of rotatable bonds is 6. The Morgan fingerprint density at radius 3 is 2.31 bits per heavy atom. The minimum absolute atomic E-state index is 0.0333. The quantitative estimate of drug-likeness (QED) is 0.444. The maximum Gasteiger partial charge on any atom is 0.143 e. The summed E-state index contributed by atoms with van der Waals surface area (Å²) in [5, 5.41) is 24.2. The molecule has 5 nitrogen and oxygen atoms in total. The van der Waals surface area contributed by atoms with E-state index in [1.165, 1.54) is 0 Å². The lowest BCUT2D eigenvalue weighted by atomic mass is 10.0. The molecule has 0 saturated carbocycles. The first-order chi connectivity index (χ1) is 14.3. The molecule has 0 fully saturated rings. The lowest BCUT2D eigenvalue weighted by molar-refractivity contribution is 0.201. The summed E-state index contributed by atoms with van der Waals surface area (Å²) >= 11 is 0. The number of fused-ring (bicyclic) bond motifs is 7. The number of hydrogen-bond acceptors (Lipinski definition) is 5. The van der Waals surface area contributed by atoms with Crippen LogP contribution in [0, 0.1) is 0 Å². The molecular formula is C24H20O5. The summed E-state index contributed by atoms with van der Waals surface area (Å²) in [4.78, 5) is 0. The normalized spacial score (nSPS) is 11.7. The zero-order valence-electron chi connectivity index (χ0n) is 15.7. The predicted octanol–water partition coefficient (Wildman–Crippen LogP) is 4.63. The second-order valence-corrected chi connectivity index (χ2v) is 6.86. The lowest BCUT2D eigenvalue weighted by Gasteiger charge is -2.09. The molecule has 0 saturated heterocycles. The number of aliphatic hydroxyl groups is 2. The molecular weight excluding hydrogens is 368 g/mol. The van der Waals surface area contributed by atoms with Crippen molar-refractivity contribution in [3.8, 4) is 11.5 Å². The fraction of sp³-hybridized carbons (Fsp3) is 0.167. The number of ether oxygens (including phenoxy) is 2. The molecule has 0 spiro atoms. The summed E-state index contributed by atoms with van der Waals surface area (Å²) in [5.74, 6) is 1.42. The Hall–Kier alpha value is -3.28. The second-order valence-electron chi connectivity index (χ2n) is 6.86. The molecule has 5 rings (SSSR count). The van der Waals surface area contributed by atoms with Crippen molar-refractivity contribution in [1.82, 2.24) is 0 Å². The van der Waals surface area contributed by atoms with Crippen LogP contribution in [0.15, 0.2) is 65.1 Å². The fourth-order valence-electron chi connectivity index (χ4n) is 3.89. The van der Waals surface area contributed by atoms with Crippen molar-refractivity contribution in [3.63, 3.8) is 0 Å².